The summed E-state index contributed by atoms with van der Waals surface area (Å²) in [5.41, 5.74) is 1.42. The third-order valence-corrected chi connectivity index (χ3v) is 5.11. The van der Waals surface area contributed by atoms with E-state index >= 15 is 0 Å². The number of rotatable bonds is 12. The average Bonchev–Trinajstić information content (AvgIpc) is 2.81. The molecule has 0 aliphatic carbocycles. The van der Waals surface area contributed by atoms with E-state index in [1.165, 1.54) is 19.1 Å². The van der Waals surface area contributed by atoms with Crippen LogP contribution in [0, 0.1) is 20.2 Å². The topological polar surface area (TPSA) is 122 Å². The highest BCUT2D eigenvalue weighted by molar-refractivity contribution is 5.77. The van der Waals surface area contributed by atoms with Crippen molar-refractivity contribution in [2.24, 2.45) is 0 Å². The van der Waals surface area contributed by atoms with Crippen molar-refractivity contribution in [3.63, 3.8) is 0 Å². The molecule has 0 fully saturated rings. The van der Waals surface area contributed by atoms with E-state index in [1.54, 1.807) is 0 Å². The molecule has 0 bridgehead atoms. The minimum absolute atomic E-state index is 0.0621. The van der Waals surface area contributed by atoms with E-state index in [-0.39, 0.29) is 48.2 Å². The number of hydrogen-bond donors (Lipinski definition) is 0. The molecule has 3 aromatic rings. The number of Topliss-reactive ketones (excluding diaryl/α,β-unsaturated/α-hetero) is 1. The van der Waals surface area contributed by atoms with E-state index in [4.69, 9.17) is 9.47 Å². The van der Waals surface area contributed by atoms with E-state index in [2.05, 4.69) is 0 Å². The third kappa shape index (κ3) is 6.86. The zero-order chi connectivity index (χ0) is 24.5. The Labute approximate surface area is 196 Å². The summed E-state index contributed by atoms with van der Waals surface area (Å²) in [5.74, 6) is -0.942. The Morgan fingerprint density at radius 2 is 1.35 bits per heavy atom. The van der Waals surface area contributed by atoms with Crippen molar-refractivity contribution in [3.8, 4) is 11.5 Å². The molecule has 34 heavy (non-hydrogen) atoms. The maximum Gasteiger partial charge on any atom is 0.277 e. The van der Waals surface area contributed by atoms with Crippen molar-refractivity contribution < 1.29 is 24.1 Å². The summed E-state index contributed by atoms with van der Waals surface area (Å²) in [6.45, 7) is 0.975. The maximum atomic E-state index is 11.9. The van der Waals surface area contributed by atoms with Crippen LogP contribution in [0.4, 0.5) is 5.69 Å². The summed E-state index contributed by atoms with van der Waals surface area (Å²) in [6, 6.07) is 21.2. The quantitative estimate of drug-likeness (QED) is 0.270. The fourth-order valence-corrected chi connectivity index (χ4v) is 3.55. The largest absolute Gasteiger partial charge is 0.485 e. The summed E-state index contributed by atoms with van der Waals surface area (Å²) in [6.07, 6.45) is -0.204. The van der Waals surface area contributed by atoms with Gasteiger partial charge in [0.1, 0.15) is 19.0 Å². The molecule has 0 amide bonds. The monoisotopic (exact) mass is 464 g/mol. The van der Waals surface area contributed by atoms with Crippen LogP contribution in [0.1, 0.15) is 36.0 Å². The first-order chi connectivity index (χ1) is 16.3. The molecule has 0 aromatic heterocycles. The van der Waals surface area contributed by atoms with Gasteiger partial charge in [-0.3, -0.25) is 20.2 Å². The minimum atomic E-state index is -0.977. The van der Waals surface area contributed by atoms with Gasteiger partial charge in [0.05, 0.1) is 16.9 Å². The van der Waals surface area contributed by atoms with Gasteiger partial charge >= 0.3 is 0 Å². The van der Waals surface area contributed by atoms with E-state index in [0.717, 1.165) is 11.1 Å². The van der Waals surface area contributed by atoms with Crippen LogP contribution in [-0.4, -0.2) is 22.2 Å². The van der Waals surface area contributed by atoms with Crippen molar-refractivity contribution in [3.05, 3.63) is 110 Å². The van der Waals surface area contributed by atoms with E-state index in [9.17, 15) is 25.0 Å². The summed E-state index contributed by atoms with van der Waals surface area (Å²) in [7, 11) is 0. The second kappa shape index (κ2) is 11.6. The number of carbonyl (C=O) groups excluding carboxylic acids is 1. The summed E-state index contributed by atoms with van der Waals surface area (Å²) in [4.78, 5) is 33.7. The number of carbonyl (C=O) groups is 1. The van der Waals surface area contributed by atoms with E-state index in [1.807, 2.05) is 60.7 Å². The van der Waals surface area contributed by atoms with Gasteiger partial charge in [-0.15, -0.1) is 0 Å². The molecule has 0 N–H and O–H groups in total. The number of benzene rings is 3. The van der Waals surface area contributed by atoms with E-state index in [0.29, 0.717) is 0 Å². The second-order valence-electron chi connectivity index (χ2n) is 7.78. The lowest BCUT2D eigenvalue weighted by atomic mass is 9.92. The molecular formula is C25H24N2O7. The Bertz CT molecular complexity index is 1130. The molecule has 0 saturated heterocycles. The minimum Gasteiger partial charge on any atom is -0.485 e. The van der Waals surface area contributed by atoms with Crippen molar-refractivity contribution in [2.45, 2.75) is 32.5 Å². The second-order valence-corrected chi connectivity index (χ2v) is 7.78. The smallest absolute Gasteiger partial charge is 0.277 e. The lowest BCUT2D eigenvalue weighted by Crippen LogP contribution is -2.17. The zero-order valence-corrected chi connectivity index (χ0v) is 18.6. The van der Waals surface area contributed by atoms with Crippen LogP contribution in [0.15, 0.2) is 72.8 Å². The molecule has 3 aromatic carbocycles. The molecule has 0 spiro atoms. The first-order valence-corrected chi connectivity index (χ1v) is 10.6. The van der Waals surface area contributed by atoms with Crippen LogP contribution in [0.5, 0.6) is 11.5 Å². The van der Waals surface area contributed by atoms with E-state index < -0.39 is 22.3 Å². The van der Waals surface area contributed by atoms with Crippen LogP contribution in [0.2, 0.25) is 0 Å². The molecule has 0 radical (unpaired) electrons. The zero-order valence-electron chi connectivity index (χ0n) is 18.6. The normalized spacial score (nSPS) is 11.4. The number of nitrogens with zero attached hydrogens (tertiary/aromatic N) is 2. The molecule has 9 heteroatoms. The van der Waals surface area contributed by atoms with Gasteiger partial charge < -0.3 is 14.3 Å². The van der Waals surface area contributed by atoms with Gasteiger partial charge in [0.15, 0.2) is 11.5 Å². The van der Waals surface area contributed by atoms with Crippen LogP contribution in [0.3, 0.4) is 0 Å². The molecule has 3 rings (SSSR count). The lowest BCUT2D eigenvalue weighted by molar-refractivity contribution is -0.483. The van der Waals surface area contributed by atoms with Crippen LogP contribution in [-0.2, 0) is 18.0 Å². The van der Waals surface area contributed by atoms with Gasteiger partial charge in [0.25, 0.3) is 5.69 Å². The number of ketones is 1. The highest BCUT2D eigenvalue weighted by Crippen LogP contribution is 2.40. The van der Waals surface area contributed by atoms with Gasteiger partial charge in [-0.2, -0.15) is 0 Å². The molecule has 1 atom stereocenters. The van der Waals surface area contributed by atoms with Gasteiger partial charge in [-0.05, 0) is 24.1 Å². The van der Waals surface area contributed by atoms with Crippen LogP contribution in [0.25, 0.3) is 0 Å². The van der Waals surface area contributed by atoms with Crippen molar-refractivity contribution in [2.75, 3.05) is 6.54 Å². The molecule has 9 nitrogen and oxygen atoms in total. The molecule has 176 valence electrons. The predicted octanol–water partition coefficient (Wildman–Crippen LogP) is 5.09. The number of hydrogen-bond acceptors (Lipinski definition) is 7. The van der Waals surface area contributed by atoms with Gasteiger partial charge in [0.2, 0.25) is 6.54 Å². The summed E-state index contributed by atoms with van der Waals surface area (Å²) < 4.78 is 11.8. The fourth-order valence-electron chi connectivity index (χ4n) is 3.55. The summed E-state index contributed by atoms with van der Waals surface area (Å²) in [5, 5.41) is 23.1. The summed E-state index contributed by atoms with van der Waals surface area (Å²) >= 11 is 0. The van der Waals surface area contributed by atoms with Crippen molar-refractivity contribution >= 4 is 11.5 Å². The van der Waals surface area contributed by atoms with Crippen LogP contribution < -0.4 is 9.47 Å². The number of ether oxygens (including phenoxy) is 2. The average molecular weight is 464 g/mol. The van der Waals surface area contributed by atoms with Gasteiger partial charge in [-0.25, -0.2) is 0 Å². The fraction of sp³-hybridized carbons (Fsp3) is 0.240. The SMILES string of the molecule is CC(=O)CC(C[N+](=O)[O-])c1cc(OCc2ccccc2)c(OCc2ccccc2)cc1[N+](=O)[O-]. The first-order valence-electron chi connectivity index (χ1n) is 10.6. The molecule has 0 heterocycles. The molecule has 1 unspecified atom stereocenters. The Kier molecular flexibility index (Phi) is 8.28. The Balaban J connectivity index is 2.02. The molecule has 0 saturated carbocycles. The Morgan fingerprint density at radius 1 is 0.853 bits per heavy atom. The predicted molar refractivity (Wildman–Crippen MR) is 125 cm³/mol. The Hall–Kier alpha value is -4.27. The Morgan fingerprint density at radius 3 is 1.79 bits per heavy atom. The highest BCUT2D eigenvalue weighted by atomic mass is 16.6. The number of nitro benzene ring substituents is 1. The molecule has 0 aliphatic rings. The maximum absolute atomic E-state index is 11.9. The standard InChI is InChI=1S/C25H24N2O7/c1-18(28)12-21(15-26(29)30)22-13-24(33-16-19-8-4-2-5-9-19)25(14-23(22)27(31)32)34-17-20-10-6-3-7-11-20/h2-11,13-14,21H,12,15-17H2,1H3. The van der Waals surface area contributed by atoms with Crippen molar-refractivity contribution in [1.29, 1.82) is 0 Å². The van der Waals surface area contributed by atoms with Gasteiger partial charge in [0, 0.05) is 16.9 Å². The highest BCUT2D eigenvalue weighted by Gasteiger charge is 2.30. The molecule has 0 aliphatic heterocycles. The first kappa shape index (κ1) is 24.4. The van der Waals surface area contributed by atoms with Gasteiger partial charge in [-0.1, -0.05) is 60.7 Å². The van der Waals surface area contributed by atoms with Crippen molar-refractivity contribution in [1.82, 2.24) is 0 Å². The lowest BCUT2D eigenvalue weighted by Gasteiger charge is -2.18. The third-order valence-electron chi connectivity index (χ3n) is 5.11. The van der Waals surface area contributed by atoms with Crippen LogP contribution >= 0.6 is 0 Å². The number of nitro groups is 2. The molecular weight excluding hydrogens is 440 g/mol.